The average Bonchev–Trinajstić information content (AvgIpc) is 3.66. The Morgan fingerprint density at radius 1 is 1.05 bits per heavy atom. The number of anilines is 2. The van der Waals surface area contributed by atoms with Crippen LogP contribution in [0.4, 0.5) is 24.5 Å². The molecule has 1 fully saturated rings. The topological polar surface area (TPSA) is 104 Å². The van der Waals surface area contributed by atoms with E-state index in [1.54, 1.807) is 30.5 Å². The van der Waals surface area contributed by atoms with Gasteiger partial charge in [-0.1, -0.05) is 61.3 Å². The predicted octanol–water partition coefficient (Wildman–Crippen LogP) is 8.26. The van der Waals surface area contributed by atoms with E-state index >= 15 is 0 Å². The summed E-state index contributed by atoms with van der Waals surface area (Å²) >= 11 is 13.2. The van der Waals surface area contributed by atoms with Gasteiger partial charge in [-0.3, -0.25) is 9.97 Å². The molecule has 1 atom stereocenters. The number of fused-ring (bicyclic) bond motifs is 2. The first-order valence-electron chi connectivity index (χ1n) is 13.9. The highest BCUT2D eigenvalue weighted by Crippen LogP contribution is 2.55. The third-order valence-electron chi connectivity index (χ3n) is 7.71. The number of benzene rings is 2. The summed E-state index contributed by atoms with van der Waals surface area (Å²) in [6, 6.07) is 12.0. The number of nitrogens with zero attached hydrogens (tertiary/aromatic N) is 6. The van der Waals surface area contributed by atoms with E-state index in [2.05, 4.69) is 57.8 Å². The van der Waals surface area contributed by atoms with Gasteiger partial charge in [0, 0.05) is 35.4 Å². The summed E-state index contributed by atoms with van der Waals surface area (Å²) in [6.07, 6.45) is -0.163. The zero-order valence-corrected chi connectivity index (χ0v) is 25.5. The smallest absolute Gasteiger partial charge is 0.383 e. The molecule has 1 aliphatic rings. The molecule has 2 aromatic carbocycles. The van der Waals surface area contributed by atoms with Crippen LogP contribution in [-0.2, 0) is 5.54 Å². The molecule has 8 nitrogen and oxygen atoms in total. The number of rotatable bonds is 7. The van der Waals surface area contributed by atoms with E-state index < -0.39 is 17.8 Å². The molecule has 44 heavy (non-hydrogen) atoms. The molecule has 2 N–H and O–H groups in total. The van der Waals surface area contributed by atoms with E-state index in [0.717, 1.165) is 4.68 Å². The Morgan fingerprint density at radius 3 is 2.48 bits per heavy atom. The maximum absolute atomic E-state index is 14.0. The van der Waals surface area contributed by atoms with Crippen molar-refractivity contribution >= 4 is 56.4 Å². The Kier molecular flexibility index (Phi) is 7.33. The Bertz CT molecular complexity index is 1940. The Balaban J connectivity index is 1.50. The van der Waals surface area contributed by atoms with Crippen LogP contribution in [0.1, 0.15) is 56.5 Å². The summed E-state index contributed by atoms with van der Waals surface area (Å²) < 4.78 is 42.8. The van der Waals surface area contributed by atoms with E-state index in [9.17, 15) is 18.4 Å². The number of halogens is 5. The maximum Gasteiger partial charge on any atom is 0.413 e. The van der Waals surface area contributed by atoms with Crippen LogP contribution in [0.2, 0.25) is 10.0 Å². The molecule has 0 aliphatic heterocycles. The van der Waals surface area contributed by atoms with Crippen molar-refractivity contribution in [3.63, 3.8) is 0 Å². The number of aromatic nitrogens is 5. The third kappa shape index (κ3) is 5.37. The van der Waals surface area contributed by atoms with Gasteiger partial charge >= 0.3 is 6.18 Å². The highest BCUT2D eigenvalue weighted by atomic mass is 35.5. The minimum Gasteiger partial charge on any atom is -0.383 e. The maximum atomic E-state index is 14.0. The number of alkyl halides is 3. The monoisotopic (exact) mass is 638 g/mol. The van der Waals surface area contributed by atoms with Crippen molar-refractivity contribution in [2.75, 3.05) is 17.2 Å². The quantitative estimate of drug-likeness (QED) is 0.185. The molecule has 0 amide bonds. The highest BCUT2D eigenvalue weighted by Gasteiger charge is 2.66. The molecule has 226 valence electrons. The predicted molar refractivity (Wildman–Crippen MR) is 165 cm³/mol. The minimum atomic E-state index is -4.47. The van der Waals surface area contributed by atoms with Crippen LogP contribution < -0.4 is 10.6 Å². The average molecular weight is 640 g/mol. The van der Waals surface area contributed by atoms with Crippen molar-refractivity contribution in [3.8, 4) is 6.07 Å². The van der Waals surface area contributed by atoms with Crippen LogP contribution in [0.25, 0.3) is 21.8 Å². The lowest BCUT2D eigenvalue weighted by Gasteiger charge is -2.23. The molecular formula is C31H27Cl2F3N8. The summed E-state index contributed by atoms with van der Waals surface area (Å²) in [7, 11) is 0. The SMILES string of the molecule is CC(C)(C)CNc1c(C#N)cnc2c(Cl)cc(NC(c3cn(C4(C(F)(F)F)CC4)nn3)c3ccc(Cl)c4ncccc34)cc12. The largest absolute Gasteiger partial charge is 0.413 e. The lowest BCUT2D eigenvalue weighted by molar-refractivity contribution is -0.182. The molecule has 5 aromatic rings. The summed E-state index contributed by atoms with van der Waals surface area (Å²) in [5.41, 5.74) is 1.29. The van der Waals surface area contributed by atoms with Crippen LogP contribution in [0, 0.1) is 16.7 Å². The normalized spacial score (nSPS) is 15.2. The molecule has 1 saturated carbocycles. The summed E-state index contributed by atoms with van der Waals surface area (Å²) in [5.74, 6) is 0. The molecule has 0 bridgehead atoms. The molecule has 6 rings (SSSR count). The van der Waals surface area contributed by atoms with Crippen molar-refractivity contribution in [2.24, 2.45) is 5.41 Å². The molecule has 0 radical (unpaired) electrons. The zero-order valence-electron chi connectivity index (χ0n) is 24.0. The number of nitrogens with one attached hydrogen (secondary N) is 2. The summed E-state index contributed by atoms with van der Waals surface area (Å²) in [6.45, 7) is 6.79. The van der Waals surface area contributed by atoms with E-state index in [-0.39, 0.29) is 24.0 Å². The third-order valence-corrected chi connectivity index (χ3v) is 8.31. The van der Waals surface area contributed by atoms with E-state index in [0.29, 0.717) is 60.9 Å². The van der Waals surface area contributed by atoms with Gasteiger partial charge in [0.1, 0.15) is 11.8 Å². The Labute approximate surface area is 261 Å². The second-order valence-corrected chi connectivity index (χ2v) is 13.0. The van der Waals surface area contributed by atoms with Gasteiger partial charge in [0.25, 0.3) is 0 Å². The summed E-state index contributed by atoms with van der Waals surface area (Å²) in [5, 5.41) is 26.9. The van der Waals surface area contributed by atoms with Gasteiger partial charge in [0.15, 0.2) is 5.54 Å². The van der Waals surface area contributed by atoms with Crippen LogP contribution in [-0.4, -0.2) is 37.7 Å². The lowest BCUT2D eigenvalue weighted by atomic mass is 9.96. The lowest BCUT2D eigenvalue weighted by Crippen LogP contribution is -2.35. The number of hydrogen-bond acceptors (Lipinski definition) is 7. The van der Waals surface area contributed by atoms with Gasteiger partial charge in [0.05, 0.1) is 44.6 Å². The van der Waals surface area contributed by atoms with Crippen LogP contribution >= 0.6 is 23.2 Å². The molecule has 3 heterocycles. The zero-order chi connectivity index (χ0) is 31.4. The molecule has 1 aliphatic carbocycles. The van der Waals surface area contributed by atoms with Gasteiger partial charge in [0.2, 0.25) is 0 Å². The van der Waals surface area contributed by atoms with Crippen molar-refractivity contribution in [3.05, 3.63) is 81.9 Å². The van der Waals surface area contributed by atoms with Gasteiger partial charge in [-0.15, -0.1) is 5.10 Å². The van der Waals surface area contributed by atoms with Crippen LogP contribution in [0.5, 0.6) is 0 Å². The van der Waals surface area contributed by atoms with Gasteiger partial charge in [-0.2, -0.15) is 18.4 Å². The van der Waals surface area contributed by atoms with Crippen molar-refractivity contribution < 1.29 is 13.2 Å². The van der Waals surface area contributed by atoms with Gasteiger partial charge in [-0.25, -0.2) is 4.68 Å². The fourth-order valence-corrected chi connectivity index (χ4v) is 5.72. The number of nitriles is 1. The van der Waals surface area contributed by atoms with Gasteiger partial charge in [-0.05, 0) is 48.1 Å². The standard InChI is InChI=1S/C31H27Cl2F3N8/c1-29(2,3)16-40-25-17(13-37)14-39-27-21(25)11-18(12-23(27)33)41-28(20-6-7-22(32)26-19(20)5-4-10-38-26)24-15-44(43-42-24)30(8-9-30)31(34,35)36/h4-7,10-12,14-15,28,41H,8-9,16H2,1-3H3,(H,39,40). The molecule has 0 saturated heterocycles. The van der Waals surface area contributed by atoms with E-state index in [4.69, 9.17) is 23.2 Å². The first-order valence-corrected chi connectivity index (χ1v) is 14.6. The minimum absolute atomic E-state index is 0.0654. The van der Waals surface area contributed by atoms with Gasteiger partial charge < -0.3 is 10.6 Å². The number of pyridine rings is 2. The molecule has 1 unspecified atom stereocenters. The molecule has 0 spiro atoms. The first kappa shape index (κ1) is 29.9. The molecule has 13 heteroatoms. The first-order chi connectivity index (χ1) is 20.8. The number of hydrogen-bond donors (Lipinski definition) is 2. The van der Waals surface area contributed by atoms with E-state index in [1.807, 2.05) is 12.1 Å². The van der Waals surface area contributed by atoms with Crippen LogP contribution in [0.15, 0.2) is 55.0 Å². The second-order valence-electron chi connectivity index (χ2n) is 12.2. The second kappa shape index (κ2) is 10.8. The fourth-order valence-electron chi connectivity index (χ4n) is 5.24. The molecule has 3 aromatic heterocycles. The Hall–Kier alpha value is -4.14. The molecular weight excluding hydrogens is 612 g/mol. The van der Waals surface area contributed by atoms with Crippen LogP contribution in [0.3, 0.4) is 0 Å². The highest BCUT2D eigenvalue weighted by molar-refractivity contribution is 6.36. The summed E-state index contributed by atoms with van der Waals surface area (Å²) in [4.78, 5) is 8.85. The van der Waals surface area contributed by atoms with Crippen molar-refractivity contribution in [2.45, 2.75) is 51.4 Å². The Morgan fingerprint density at radius 2 is 1.80 bits per heavy atom. The van der Waals surface area contributed by atoms with Crippen molar-refractivity contribution in [1.82, 2.24) is 25.0 Å². The fraction of sp³-hybridized carbons (Fsp3) is 0.323. The van der Waals surface area contributed by atoms with E-state index in [1.165, 1.54) is 12.4 Å². The van der Waals surface area contributed by atoms with Crippen molar-refractivity contribution in [1.29, 1.82) is 5.26 Å².